The summed E-state index contributed by atoms with van der Waals surface area (Å²) in [6, 6.07) is 4.17. The summed E-state index contributed by atoms with van der Waals surface area (Å²) in [5.41, 5.74) is 0.915. The minimum Gasteiger partial charge on any atom is -0.369 e. The number of hydrogen-bond acceptors (Lipinski definition) is 2. The topological polar surface area (TPSA) is 6.48 Å². The van der Waals surface area contributed by atoms with Gasteiger partial charge < -0.3 is 9.80 Å². The molecule has 146 valence electrons. The van der Waals surface area contributed by atoms with Gasteiger partial charge in [0.15, 0.2) is 11.6 Å². The average molecular weight is 365 g/mol. The van der Waals surface area contributed by atoms with Crippen LogP contribution in [0.25, 0.3) is 0 Å². The Hall–Kier alpha value is -1.16. The number of rotatable bonds is 4. The first kappa shape index (κ1) is 19.6. The van der Waals surface area contributed by atoms with Crippen molar-refractivity contribution in [2.24, 2.45) is 11.8 Å². The van der Waals surface area contributed by atoms with Crippen molar-refractivity contribution in [1.82, 2.24) is 4.90 Å². The zero-order valence-corrected chi connectivity index (χ0v) is 16.8. The normalized spacial score (nSPS) is 21.2. The van der Waals surface area contributed by atoms with Crippen molar-refractivity contribution in [3.8, 4) is 0 Å². The van der Waals surface area contributed by atoms with Crippen molar-refractivity contribution in [3.63, 3.8) is 0 Å². The molecule has 0 aromatic heterocycles. The van der Waals surface area contributed by atoms with E-state index in [1.165, 1.54) is 25.9 Å². The lowest BCUT2D eigenvalue weighted by molar-refractivity contribution is 0.111. The molecule has 0 bridgehead atoms. The van der Waals surface area contributed by atoms with E-state index in [0.29, 0.717) is 17.3 Å². The first-order valence-corrected chi connectivity index (χ1v) is 10.3. The van der Waals surface area contributed by atoms with Crippen molar-refractivity contribution in [1.29, 1.82) is 0 Å². The van der Waals surface area contributed by atoms with Gasteiger partial charge in [0.1, 0.15) is 0 Å². The van der Waals surface area contributed by atoms with E-state index in [2.05, 4.69) is 18.7 Å². The van der Waals surface area contributed by atoms with Crippen LogP contribution in [-0.4, -0.2) is 37.1 Å². The molecular weight excluding hydrogens is 330 g/mol. The van der Waals surface area contributed by atoms with E-state index in [1.807, 2.05) is 18.7 Å². The van der Waals surface area contributed by atoms with Gasteiger partial charge in [-0.1, -0.05) is 19.9 Å². The molecule has 0 N–H and O–H groups in total. The van der Waals surface area contributed by atoms with Gasteiger partial charge in [0, 0.05) is 19.1 Å². The van der Waals surface area contributed by atoms with Gasteiger partial charge in [-0.25, -0.2) is 8.78 Å². The van der Waals surface area contributed by atoms with E-state index in [1.54, 1.807) is 12.1 Å². The quantitative estimate of drug-likeness (QED) is 0.703. The number of halogens is 2. The summed E-state index contributed by atoms with van der Waals surface area (Å²) in [5.74, 6) is 0.210. The molecule has 2 heterocycles. The van der Waals surface area contributed by atoms with E-state index in [-0.39, 0.29) is 5.92 Å². The second kappa shape index (κ2) is 8.24. The molecule has 0 unspecified atom stereocenters. The summed E-state index contributed by atoms with van der Waals surface area (Å²) in [4.78, 5) is 4.61. The fraction of sp³-hybridized carbons (Fsp3) is 0.727. The van der Waals surface area contributed by atoms with E-state index >= 15 is 0 Å². The Morgan fingerprint density at radius 3 is 1.85 bits per heavy atom. The molecule has 2 nitrogen and oxygen atoms in total. The van der Waals surface area contributed by atoms with Crippen molar-refractivity contribution in [2.75, 3.05) is 31.1 Å². The van der Waals surface area contributed by atoms with Crippen molar-refractivity contribution >= 4 is 5.69 Å². The molecule has 0 atom stereocenters. The molecule has 0 aliphatic carbocycles. The Balaban J connectivity index is 1.58. The average Bonchev–Trinajstić information content (AvgIpc) is 2.64. The SMILES string of the molecule is CC(C)c1ccc(N2CCC(C3CCN(C(C)C)CC3)CC2)c(F)c1F. The van der Waals surface area contributed by atoms with Crippen molar-refractivity contribution in [3.05, 3.63) is 29.3 Å². The predicted molar refractivity (Wildman–Crippen MR) is 105 cm³/mol. The highest BCUT2D eigenvalue weighted by Gasteiger charge is 2.31. The lowest BCUT2D eigenvalue weighted by Gasteiger charge is -2.41. The van der Waals surface area contributed by atoms with Crippen LogP contribution in [-0.2, 0) is 0 Å². The van der Waals surface area contributed by atoms with Crippen LogP contribution >= 0.6 is 0 Å². The highest BCUT2D eigenvalue weighted by molar-refractivity contribution is 5.50. The lowest BCUT2D eigenvalue weighted by Crippen LogP contribution is -2.43. The number of anilines is 1. The molecule has 3 rings (SSSR count). The van der Waals surface area contributed by atoms with Crippen LogP contribution in [0.3, 0.4) is 0 Å². The highest BCUT2D eigenvalue weighted by atomic mass is 19.2. The maximum atomic E-state index is 14.6. The van der Waals surface area contributed by atoms with Crippen LogP contribution < -0.4 is 4.90 Å². The summed E-state index contributed by atoms with van der Waals surface area (Å²) < 4.78 is 28.9. The van der Waals surface area contributed by atoms with E-state index in [9.17, 15) is 8.78 Å². The van der Waals surface area contributed by atoms with E-state index in [4.69, 9.17) is 0 Å². The lowest BCUT2D eigenvalue weighted by atomic mass is 9.78. The predicted octanol–water partition coefficient (Wildman–Crippen LogP) is 5.43. The molecule has 1 aromatic carbocycles. The van der Waals surface area contributed by atoms with Crippen LogP contribution in [0, 0.1) is 23.5 Å². The van der Waals surface area contributed by atoms with Gasteiger partial charge in [0.2, 0.25) is 0 Å². The maximum Gasteiger partial charge on any atom is 0.182 e. The van der Waals surface area contributed by atoms with Crippen molar-refractivity contribution < 1.29 is 8.78 Å². The summed E-state index contributed by atoms with van der Waals surface area (Å²) in [6.45, 7) is 12.4. The summed E-state index contributed by atoms with van der Waals surface area (Å²) in [7, 11) is 0. The van der Waals surface area contributed by atoms with Crippen LogP contribution in [0.5, 0.6) is 0 Å². The fourth-order valence-corrected chi connectivity index (χ4v) is 4.76. The number of hydrogen-bond donors (Lipinski definition) is 0. The smallest absolute Gasteiger partial charge is 0.182 e. The van der Waals surface area contributed by atoms with Crippen LogP contribution in [0.2, 0.25) is 0 Å². The number of piperidine rings is 2. The third kappa shape index (κ3) is 4.05. The van der Waals surface area contributed by atoms with E-state index in [0.717, 1.165) is 37.8 Å². The zero-order chi connectivity index (χ0) is 18.8. The Labute approximate surface area is 157 Å². The Morgan fingerprint density at radius 1 is 0.808 bits per heavy atom. The molecule has 26 heavy (non-hydrogen) atoms. The van der Waals surface area contributed by atoms with Gasteiger partial charge in [0.05, 0.1) is 5.69 Å². The van der Waals surface area contributed by atoms with Gasteiger partial charge in [0.25, 0.3) is 0 Å². The number of benzene rings is 1. The molecule has 0 saturated carbocycles. The van der Waals surface area contributed by atoms with Gasteiger partial charge in [-0.15, -0.1) is 0 Å². The zero-order valence-electron chi connectivity index (χ0n) is 16.8. The Kier molecular flexibility index (Phi) is 6.21. The second-order valence-corrected chi connectivity index (χ2v) is 8.75. The largest absolute Gasteiger partial charge is 0.369 e. The summed E-state index contributed by atoms with van der Waals surface area (Å²) in [6.07, 6.45) is 4.77. The monoisotopic (exact) mass is 364 g/mol. The van der Waals surface area contributed by atoms with Gasteiger partial charge in [-0.3, -0.25) is 0 Å². The number of likely N-dealkylation sites (tertiary alicyclic amines) is 1. The molecule has 0 radical (unpaired) electrons. The van der Waals surface area contributed by atoms with Gasteiger partial charge in [-0.05, 0) is 82.0 Å². The standard InChI is InChI=1S/C22H34F2N2/c1-15(2)19-5-6-20(22(24)21(19)23)26-13-9-18(10-14-26)17-7-11-25(12-8-17)16(3)4/h5-6,15-18H,7-14H2,1-4H3. The van der Waals surface area contributed by atoms with Crippen LogP contribution in [0.15, 0.2) is 12.1 Å². The minimum absolute atomic E-state index is 0.000919. The first-order chi connectivity index (χ1) is 12.4. The molecular formula is C22H34F2N2. The van der Waals surface area contributed by atoms with Crippen molar-refractivity contribution in [2.45, 2.75) is 65.3 Å². The van der Waals surface area contributed by atoms with Gasteiger partial charge in [-0.2, -0.15) is 0 Å². The molecule has 2 aliphatic rings. The third-order valence-corrected chi connectivity index (χ3v) is 6.57. The van der Waals surface area contributed by atoms with Crippen LogP contribution in [0.4, 0.5) is 14.5 Å². The molecule has 0 amide bonds. The molecule has 2 aliphatic heterocycles. The fourth-order valence-electron chi connectivity index (χ4n) is 4.76. The first-order valence-electron chi connectivity index (χ1n) is 10.3. The molecule has 2 fully saturated rings. The number of nitrogens with zero attached hydrogens (tertiary/aromatic N) is 2. The highest BCUT2D eigenvalue weighted by Crippen LogP contribution is 2.36. The summed E-state index contributed by atoms with van der Waals surface area (Å²) in [5, 5.41) is 0. The molecule has 4 heteroatoms. The molecule has 0 spiro atoms. The summed E-state index contributed by atoms with van der Waals surface area (Å²) >= 11 is 0. The van der Waals surface area contributed by atoms with E-state index < -0.39 is 11.6 Å². The third-order valence-electron chi connectivity index (χ3n) is 6.57. The maximum absolute atomic E-state index is 14.6. The Bertz CT molecular complexity index is 598. The molecule has 2 saturated heterocycles. The van der Waals surface area contributed by atoms with Crippen LogP contribution in [0.1, 0.15) is 64.9 Å². The van der Waals surface area contributed by atoms with Gasteiger partial charge >= 0.3 is 0 Å². The Morgan fingerprint density at radius 2 is 1.35 bits per heavy atom. The second-order valence-electron chi connectivity index (χ2n) is 8.75. The minimum atomic E-state index is -0.667. The molecule has 1 aromatic rings.